The van der Waals surface area contributed by atoms with Crippen LogP contribution in [0.5, 0.6) is 5.75 Å². The smallest absolute Gasteiger partial charge is 0.127 e. The molecule has 0 aromatic heterocycles. The van der Waals surface area contributed by atoms with Gasteiger partial charge in [0.15, 0.2) is 0 Å². The third kappa shape index (κ3) is 2.44. The van der Waals surface area contributed by atoms with Crippen molar-refractivity contribution in [2.45, 2.75) is 38.1 Å². The van der Waals surface area contributed by atoms with E-state index < -0.39 is 0 Å². The van der Waals surface area contributed by atoms with Crippen LogP contribution in [0.1, 0.15) is 30.4 Å². The van der Waals surface area contributed by atoms with Crippen LogP contribution in [0.3, 0.4) is 0 Å². The van der Waals surface area contributed by atoms with Gasteiger partial charge in [0.25, 0.3) is 0 Å². The van der Waals surface area contributed by atoms with Gasteiger partial charge in [-0.3, -0.25) is 0 Å². The molecular formula is C16H24N2O. The van der Waals surface area contributed by atoms with E-state index in [2.05, 4.69) is 29.4 Å². The fourth-order valence-electron chi connectivity index (χ4n) is 3.49. The maximum Gasteiger partial charge on any atom is 0.127 e. The molecule has 1 saturated heterocycles. The molecule has 2 heterocycles. The van der Waals surface area contributed by atoms with Crippen molar-refractivity contribution in [1.29, 1.82) is 0 Å². The van der Waals surface area contributed by atoms with Crippen molar-refractivity contribution < 1.29 is 4.74 Å². The highest BCUT2D eigenvalue weighted by molar-refractivity contribution is 5.63. The van der Waals surface area contributed by atoms with Crippen LogP contribution in [0.4, 0.5) is 5.69 Å². The fourth-order valence-corrected chi connectivity index (χ4v) is 3.49. The molecule has 1 atom stereocenters. The zero-order valence-electron chi connectivity index (χ0n) is 12.0. The molecule has 3 nitrogen and oxygen atoms in total. The number of benzene rings is 1. The Kier molecular flexibility index (Phi) is 3.65. The number of methoxy groups -OCH3 is 1. The zero-order chi connectivity index (χ0) is 13.2. The van der Waals surface area contributed by atoms with Gasteiger partial charge in [0.1, 0.15) is 5.75 Å². The summed E-state index contributed by atoms with van der Waals surface area (Å²) in [5, 5.41) is 3.58. The maximum absolute atomic E-state index is 5.75. The lowest BCUT2D eigenvalue weighted by atomic mass is 9.94. The molecule has 0 amide bonds. The number of fused-ring (bicyclic) bond motifs is 1. The van der Waals surface area contributed by atoms with Crippen LogP contribution < -0.4 is 15.0 Å². The molecule has 0 saturated carbocycles. The SMILES string of the molecule is COc1c(CC2CCCN2)ccc2c1CCCN2C. The highest BCUT2D eigenvalue weighted by atomic mass is 16.5. The summed E-state index contributed by atoms with van der Waals surface area (Å²) in [6.45, 7) is 2.32. The van der Waals surface area contributed by atoms with Crippen LogP contribution in [0.15, 0.2) is 12.1 Å². The molecule has 2 aliphatic rings. The number of nitrogens with one attached hydrogen (secondary N) is 1. The molecular weight excluding hydrogens is 236 g/mol. The van der Waals surface area contributed by atoms with Gasteiger partial charge in [0.05, 0.1) is 7.11 Å². The summed E-state index contributed by atoms with van der Waals surface area (Å²) in [5.41, 5.74) is 4.13. The number of hydrogen-bond donors (Lipinski definition) is 1. The van der Waals surface area contributed by atoms with Crippen molar-refractivity contribution in [2.24, 2.45) is 0 Å². The van der Waals surface area contributed by atoms with Crippen LogP contribution in [0.2, 0.25) is 0 Å². The second-order valence-corrected chi connectivity index (χ2v) is 5.78. The van der Waals surface area contributed by atoms with Crippen molar-refractivity contribution >= 4 is 5.69 Å². The summed E-state index contributed by atoms with van der Waals surface area (Å²) in [6.07, 6.45) is 6.07. The number of hydrogen-bond acceptors (Lipinski definition) is 3. The summed E-state index contributed by atoms with van der Waals surface area (Å²) in [6, 6.07) is 5.18. The average Bonchev–Trinajstić information content (AvgIpc) is 2.92. The Labute approximate surface area is 115 Å². The molecule has 0 aliphatic carbocycles. The van der Waals surface area contributed by atoms with Crippen LogP contribution in [-0.4, -0.2) is 33.3 Å². The van der Waals surface area contributed by atoms with Gasteiger partial charge in [-0.15, -0.1) is 0 Å². The first-order valence-corrected chi connectivity index (χ1v) is 7.43. The Bertz CT molecular complexity index is 452. The molecule has 3 heteroatoms. The van der Waals surface area contributed by atoms with Gasteiger partial charge in [-0.05, 0) is 50.3 Å². The van der Waals surface area contributed by atoms with Gasteiger partial charge in [0, 0.05) is 30.9 Å². The minimum Gasteiger partial charge on any atom is -0.496 e. The summed E-state index contributed by atoms with van der Waals surface area (Å²) in [4.78, 5) is 2.35. The van der Waals surface area contributed by atoms with Gasteiger partial charge in [-0.25, -0.2) is 0 Å². The maximum atomic E-state index is 5.75. The van der Waals surface area contributed by atoms with E-state index in [1.807, 2.05) is 7.11 Å². The first kappa shape index (κ1) is 12.8. The normalized spacial score (nSPS) is 22.4. The Morgan fingerprint density at radius 1 is 1.37 bits per heavy atom. The van der Waals surface area contributed by atoms with E-state index in [1.165, 1.54) is 42.6 Å². The van der Waals surface area contributed by atoms with Gasteiger partial charge >= 0.3 is 0 Å². The van der Waals surface area contributed by atoms with E-state index in [4.69, 9.17) is 4.74 Å². The lowest BCUT2D eigenvalue weighted by Crippen LogP contribution is -2.26. The molecule has 2 aliphatic heterocycles. The molecule has 1 unspecified atom stereocenters. The summed E-state index contributed by atoms with van der Waals surface area (Å²) >= 11 is 0. The minimum absolute atomic E-state index is 0.633. The highest BCUT2D eigenvalue weighted by Gasteiger charge is 2.22. The average molecular weight is 260 g/mol. The molecule has 0 spiro atoms. The van der Waals surface area contributed by atoms with E-state index in [-0.39, 0.29) is 0 Å². The summed E-state index contributed by atoms with van der Waals surface area (Å²) in [5.74, 6) is 1.14. The summed E-state index contributed by atoms with van der Waals surface area (Å²) < 4.78 is 5.75. The molecule has 104 valence electrons. The quantitative estimate of drug-likeness (QED) is 0.903. The Morgan fingerprint density at radius 2 is 2.26 bits per heavy atom. The molecule has 19 heavy (non-hydrogen) atoms. The Balaban J connectivity index is 1.91. The number of rotatable bonds is 3. The topological polar surface area (TPSA) is 24.5 Å². The first-order valence-electron chi connectivity index (χ1n) is 7.43. The molecule has 0 bridgehead atoms. The molecule has 1 fully saturated rings. The second-order valence-electron chi connectivity index (χ2n) is 5.78. The molecule has 1 N–H and O–H groups in total. The zero-order valence-corrected chi connectivity index (χ0v) is 12.0. The molecule has 3 rings (SSSR count). The van der Waals surface area contributed by atoms with Crippen molar-refractivity contribution in [3.8, 4) is 5.75 Å². The molecule has 1 aromatic rings. The van der Waals surface area contributed by atoms with E-state index >= 15 is 0 Å². The van der Waals surface area contributed by atoms with E-state index in [0.29, 0.717) is 6.04 Å². The van der Waals surface area contributed by atoms with Crippen LogP contribution in [0.25, 0.3) is 0 Å². The summed E-state index contributed by atoms with van der Waals surface area (Å²) in [7, 11) is 3.99. The lowest BCUT2D eigenvalue weighted by molar-refractivity contribution is 0.400. The monoisotopic (exact) mass is 260 g/mol. The largest absolute Gasteiger partial charge is 0.496 e. The molecule has 1 aromatic carbocycles. The number of nitrogens with zero attached hydrogens (tertiary/aromatic N) is 1. The lowest BCUT2D eigenvalue weighted by Gasteiger charge is -2.30. The van der Waals surface area contributed by atoms with Gasteiger partial charge in [0.2, 0.25) is 0 Å². The Morgan fingerprint density at radius 3 is 3.00 bits per heavy atom. The van der Waals surface area contributed by atoms with Crippen molar-refractivity contribution in [1.82, 2.24) is 5.32 Å². The van der Waals surface area contributed by atoms with Crippen molar-refractivity contribution in [3.63, 3.8) is 0 Å². The predicted molar refractivity (Wildman–Crippen MR) is 79.3 cm³/mol. The third-order valence-corrected chi connectivity index (χ3v) is 4.48. The van der Waals surface area contributed by atoms with Crippen molar-refractivity contribution in [3.05, 3.63) is 23.3 Å². The minimum atomic E-state index is 0.633. The van der Waals surface area contributed by atoms with Gasteiger partial charge in [-0.2, -0.15) is 0 Å². The third-order valence-electron chi connectivity index (χ3n) is 4.48. The van der Waals surface area contributed by atoms with Gasteiger partial charge in [-0.1, -0.05) is 6.07 Å². The number of ether oxygens (including phenoxy) is 1. The predicted octanol–water partition coefficient (Wildman–Crippen LogP) is 2.37. The second kappa shape index (κ2) is 5.41. The number of anilines is 1. The van der Waals surface area contributed by atoms with Crippen LogP contribution in [-0.2, 0) is 12.8 Å². The highest BCUT2D eigenvalue weighted by Crippen LogP contribution is 2.37. The fraction of sp³-hybridized carbons (Fsp3) is 0.625. The van der Waals surface area contributed by atoms with Gasteiger partial charge < -0.3 is 15.0 Å². The van der Waals surface area contributed by atoms with E-state index in [9.17, 15) is 0 Å². The first-order chi connectivity index (χ1) is 9.29. The molecule has 0 radical (unpaired) electrons. The van der Waals surface area contributed by atoms with E-state index in [0.717, 1.165) is 25.1 Å². The Hall–Kier alpha value is -1.22. The van der Waals surface area contributed by atoms with Crippen LogP contribution >= 0.6 is 0 Å². The van der Waals surface area contributed by atoms with Crippen molar-refractivity contribution in [2.75, 3.05) is 32.1 Å². The van der Waals surface area contributed by atoms with E-state index in [1.54, 1.807) is 0 Å². The standard InChI is InChI=1S/C16H24N2O/c1-18-10-4-6-14-15(18)8-7-12(16(14)19-2)11-13-5-3-9-17-13/h7-8,13,17H,3-6,9-11H2,1-2H3. The van der Waals surface area contributed by atoms with Crippen LogP contribution in [0, 0.1) is 0 Å².